The molecule has 0 unspecified atom stereocenters. The lowest BCUT2D eigenvalue weighted by atomic mass is 9.90. The van der Waals surface area contributed by atoms with E-state index in [0.29, 0.717) is 0 Å². The van der Waals surface area contributed by atoms with Crippen LogP contribution in [0.5, 0.6) is 0 Å². The van der Waals surface area contributed by atoms with Crippen LogP contribution in [0, 0.1) is 0 Å². The molecule has 0 saturated heterocycles. The van der Waals surface area contributed by atoms with Crippen LogP contribution >= 0.6 is 0 Å². The lowest BCUT2D eigenvalue weighted by molar-refractivity contribution is 1.41. The molecule has 0 spiro atoms. The van der Waals surface area contributed by atoms with Crippen LogP contribution in [0.4, 0.5) is 0 Å². The van der Waals surface area contributed by atoms with Crippen LogP contribution in [-0.2, 0) is 0 Å². The minimum Gasteiger partial charge on any atom is -0.256 e. The van der Waals surface area contributed by atoms with Crippen molar-refractivity contribution in [2.75, 3.05) is 0 Å². The highest BCUT2D eigenvalue weighted by molar-refractivity contribution is 6.38. The van der Waals surface area contributed by atoms with Crippen LogP contribution in [-0.4, -0.2) is 9.97 Å². The summed E-state index contributed by atoms with van der Waals surface area (Å²) in [6.45, 7) is 0. The van der Waals surface area contributed by atoms with Gasteiger partial charge >= 0.3 is 0 Å². The van der Waals surface area contributed by atoms with Crippen molar-refractivity contribution in [2.45, 2.75) is 0 Å². The molecule has 2 heteroatoms. The summed E-state index contributed by atoms with van der Waals surface area (Å²) in [6, 6.07) is 25.5. The maximum atomic E-state index is 4.79. The lowest BCUT2D eigenvalue weighted by Gasteiger charge is -2.14. The van der Waals surface area contributed by atoms with Crippen LogP contribution in [0.15, 0.2) is 85.2 Å². The number of benzene rings is 4. The van der Waals surface area contributed by atoms with Crippen LogP contribution in [0.2, 0.25) is 0 Å². The Morgan fingerprint density at radius 2 is 0.769 bits per heavy atom. The Bertz CT molecular complexity index is 1260. The summed E-state index contributed by atoms with van der Waals surface area (Å²) in [7, 11) is 0. The molecule has 2 aromatic heterocycles. The van der Waals surface area contributed by atoms with Gasteiger partial charge in [-0.25, -0.2) is 0 Å². The molecule has 6 aromatic rings. The van der Waals surface area contributed by atoms with Crippen molar-refractivity contribution in [3.63, 3.8) is 0 Å². The fourth-order valence-electron chi connectivity index (χ4n) is 4.28. The number of rotatable bonds is 0. The minimum absolute atomic E-state index is 1.05. The smallest absolute Gasteiger partial charge is 0.0794 e. The Labute approximate surface area is 149 Å². The highest BCUT2D eigenvalue weighted by Gasteiger charge is 2.16. The quantitative estimate of drug-likeness (QED) is 0.308. The second-order valence-corrected chi connectivity index (χ2v) is 6.64. The Morgan fingerprint density at radius 1 is 0.385 bits per heavy atom. The van der Waals surface area contributed by atoms with Gasteiger partial charge in [0.1, 0.15) is 0 Å². The summed E-state index contributed by atoms with van der Waals surface area (Å²) in [5.74, 6) is 0. The van der Waals surface area contributed by atoms with E-state index in [1.54, 1.807) is 0 Å². The van der Waals surface area contributed by atoms with Crippen molar-refractivity contribution in [1.82, 2.24) is 9.97 Å². The van der Waals surface area contributed by atoms with Crippen LogP contribution in [0.1, 0.15) is 0 Å². The number of pyridine rings is 2. The van der Waals surface area contributed by atoms with E-state index in [1.807, 2.05) is 24.5 Å². The fourth-order valence-corrected chi connectivity index (χ4v) is 4.28. The highest BCUT2D eigenvalue weighted by Crippen LogP contribution is 2.42. The molecule has 0 saturated carbocycles. The summed E-state index contributed by atoms with van der Waals surface area (Å²) in [6.07, 6.45) is 3.77. The molecule has 6 rings (SSSR count). The zero-order valence-corrected chi connectivity index (χ0v) is 14.0. The van der Waals surface area contributed by atoms with Crippen molar-refractivity contribution in [3.05, 3.63) is 85.2 Å². The molecule has 0 amide bonds. The molecule has 0 N–H and O–H groups in total. The summed E-state index contributed by atoms with van der Waals surface area (Å²) < 4.78 is 0. The molecular weight excluding hydrogens is 316 g/mol. The van der Waals surface area contributed by atoms with Crippen molar-refractivity contribution in [3.8, 4) is 0 Å². The molecule has 0 atom stereocenters. The molecule has 0 aliphatic heterocycles. The standard InChI is InChI=1S/C24H14N2/c1-3-9-17-15(7-1)16-8-2-4-10-18(16)22-21(17)23-19(11-5-13-25-23)20-12-6-14-26-24(20)22/h1-14H. The van der Waals surface area contributed by atoms with Gasteiger partial charge in [0.05, 0.1) is 11.0 Å². The molecular formula is C24H14N2. The van der Waals surface area contributed by atoms with Gasteiger partial charge in [-0.15, -0.1) is 0 Å². The van der Waals surface area contributed by atoms with Gasteiger partial charge in [-0.2, -0.15) is 0 Å². The maximum absolute atomic E-state index is 4.79. The highest BCUT2D eigenvalue weighted by atomic mass is 14.7. The van der Waals surface area contributed by atoms with Gasteiger partial charge in [0, 0.05) is 33.9 Å². The number of fused-ring (bicyclic) bond motifs is 11. The van der Waals surface area contributed by atoms with Gasteiger partial charge in [-0.3, -0.25) is 9.97 Å². The monoisotopic (exact) mass is 330 g/mol. The Morgan fingerprint density at radius 3 is 1.23 bits per heavy atom. The molecule has 0 bridgehead atoms. The van der Waals surface area contributed by atoms with E-state index in [2.05, 4.69) is 60.7 Å². The van der Waals surface area contributed by atoms with Gasteiger partial charge in [0.2, 0.25) is 0 Å². The van der Waals surface area contributed by atoms with Crippen LogP contribution < -0.4 is 0 Å². The van der Waals surface area contributed by atoms with E-state index >= 15 is 0 Å². The van der Waals surface area contributed by atoms with E-state index in [1.165, 1.54) is 32.3 Å². The number of hydrogen-bond acceptors (Lipinski definition) is 2. The van der Waals surface area contributed by atoms with Gasteiger partial charge < -0.3 is 0 Å². The Hall–Kier alpha value is -3.52. The molecule has 0 radical (unpaired) electrons. The summed E-state index contributed by atoms with van der Waals surface area (Å²) in [4.78, 5) is 9.58. The number of nitrogens with zero attached hydrogens (tertiary/aromatic N) is 2. The largest absolute Gasteiger partial charge is 0.256 e. The van der Waals surface area contributed by atoms with Crippen molar-refractivity contribution in [2.24, 2.45) is 0 Å². The Kier molecular flexibility index (Phi) is 2.64. The normalized spacial score (nSPS) is 11.8. The third-order valence-electron chi connectivity index (χ3n) is 5.31. The molecule has 120 valence electrons. The Balaban J connectivity index is 2.14. The van der Waals surface area contributed by atoms with E-state index < -0.39 is 0 Å². The zero-order valence-electron chi connectivity index (χ0n) is 14.0. The average molecular weight is 330 g/mol. The van der Waals surface area contributed by atoms with Crippen LogP contribution in [0.25, 0.3) is 54.1 Å². The van der Waals surface area contributed by atoms with E-state index in [4.69, 9.17) is 9.97 Å². The first-order valence-electron chi connectivity index (χ1n) is 8.78. The van der Waals surface area contributed by atoms with E-state index in [0.717, 1.165) is 21.8 Å². The molecule has 2 nitrogen and oxygen atoms in total. The maximum Gasteiger partial charge on any atom is 0.0794 e. The summed E-state index contributed by atoms with van der Waals surface area (Å²) in [5, 5.41) is 9.69. The first-order chi connectivity index (χ1) is 12.9. The predicted octanol–water partition coefficient (Wildman–Crippen LogP) is 6.24. The first-order valence-corrected chi connectivity index (χ1v) is 8.78. The van der Waals surface area contributed by atoms with Gasteiger partial charge in [-0.05, 0) is 33.7 Å². The second kappa shape index (κ2) is 4.99. The predicted molar refractivity (Wildman–Crippen MR) is 110 cm³/mol. The van der Waals surface area contributed by atoms with Gasteiger partial charge in [0.15, 0.2) is 0 Å². The number of hydrogen-bond donors (Lipinski definition) is 0. The average Bonchev–Trinajstić information content (AvgIpc) is 2.73. The summed E-state index contributed by atoms with van der Waals surface area (Å²) >= 11 is 0. The topological polar surface area (TPSA) is 25.8 Å². The van der Waals surface area contributed by atoms with E-state index in [9.17, 15) is 0 Å². The van der Waals surface area contributed by atoms with E-state index in [-0.39, 0.29) is 0 Å². The molecule has 26 heavy (non-hydrogen) atoms. The van der Waals surface area contributed by atoms with Crippen molar-refractivity contribution < 1.29 is 0 Å². The van der Waals surface area contributed by atoms with Gasteiger partial charge in [-0.1, -0.05) is 60.7 Å². The molecule has 0 aliphatic rings. The van der Waals surface area contributed by atoms with Crippen LogP contribution in [0.3, 0.4) is 0 Å². The lowest BCUT2D eigenvalue weighted by Crippen LogP contribution is -1.91. The molecule has 0 fully saturated rings. The second-order valence-electron chi connectivity index (χ2n) is 6.64. The summed E-state index contributed by atoms with van der Waals surface area (Å²) in [5.41, 5.74) is 2.09. The van der Waals surface area contributed by atoms with Gasteiger partial charge in [0.25, 0.3) is 0 Å². The SMILES string of the molecule is c1ccc2c(c1)c1ccccc1c1c3ncccc3c3cccnc3c21. The first kappa shape index (κ1) is 13.7. The van der Waals surface area contributed by atoms with Crippen molar-refractivity contribution in [1.29, 1.82) is 0 Å². The minimum atomic E-state index is 1.05. The fraction of sp³-hybridized carbons (Fsp3) is 0. The molecule has 0 aliphatic carbocycles. The molecule has 4 aromatic carbocycles. The zero-order chi connectivity index (χ0) is 17.1. The molecule has 2 heterocycles. The third kappa shape index (κ3) is 1.66. The van der Waals surface area contributed by atoms with Crippen molar-refractivity contribution >= 4 is 54.1 Å². The number of aromatic nitrogens is 2. The third-order valence-corrected chi connectivity index (χ3v) is 5.31.